The van der Waals surface area contributed by atoms with Gasteiger partial charge in [0.1, 0.15) is 23.8 Å². The van der Waals surface area contributed by atoms with Crippen molar-refractivity contribution in [3.05, 3.63) is 35.7 Å². The maximum atomic E-state index is 12.7. The fourth-order valence-electron chi connectivity index (χ4n) is 5.22. The highest BCUT2D eigenvalue weighted by Gasteiger charge is 2.46. The van der Waals surface area contributed by atoms with Crippen molar-refractivity contribution in [1.82, 2.24) is 14.9 Å². The smallest absolute Gasteiger partial charge is 0.410 e. The second kappa shape index (κ2) is 9.45. The zero-order valence-corrected chi connectivity index (χ0v) is 22.9. The van der Waals surface area contributed by atoms with Gasteiger partial charge in [-0.2, -0.15) is 0 Å². The van der Waals surface area contributed by atoms with Crippen LogP contribution in [0.25, 0.3) is 0 Å². The Hall–Kier alpha value is -2.88. The van der Waals surface area contributed by atoms with Crippen LogP contribution in [0, 0.1) is 13.8 Å². The Bertz CT molecular complexity index is 1290. The van der Waals surface area contributed by atoms with Crippen molar-refractivity contribution in [3.8, 4) is 17.5 Å². The number of carbonyl (C=O) groups is 1. The van der Waals surface area contributed by atoms with Crippen LogP contribution in [0.1, 0.15) is 70.4 Å². The van der Waals surface area contributed by atoms with Crippen LogP contribution in [-0.2, 0) is 14.6 Å². The van der Waals surface area contributed by atoms with Crippen LogP contribution in [0.4, 0.5) is 4.79 Å². The number of sulfone groups is 1. The van der Waals surface area contributed by atoms with E-state index in [2.05, 4.69) is 9.97 Å². The van der Waals surface area contributed by atoms with Gasteiger partial charge in [-0.1, -0.05) is 0 Å². The number of fused-ring (bicyclic) bond motifs is 2. The molecular weight excluding hydrogens is 494 g/mol. The molecule has 5 rings (SSSR count). The highest BCUT2D eigenvalue weighted by atomic mass is 32.2. The van der Waals surface area contributed by atoms with E-state index in [-0.39, 0.29) is 29.5 Å². The van der Waals surface area contributed by atoms with Gasteiger partial charge in [0.25, 0.3) is 0 Å². The van der Waals surface area contributed by atoms with E-state index in [4.69, 9.17) is 14.2 Å². The molecule has 1 aromatic carbocycles. The van der Waals surface area contributed by atoms with Crippen molar-refractivity contribution in [2.75, 3.05) is 0 Å². The standard InChI is InChI=1S/C27H35N3O6S/c1-16-12-22(37(32,33)21-8-9-21)10-11-23(16)35-25-17(2)24(28-15-29-25)34-20-13-18-6-7-19(14-20)30(18)26(31)36-27(3,4)5/h10-12,15,18-21H,6-9,13-14H2,1-5H3/t18-,19?,20+/m0/s1. The van der Waals surface area contributed by atoms with Crippen LogP contribution >= 0.6 is 0 Å². The predicted octanol–water partition coefficient (Wildman–Crippen LogP) is 5.13. The fraction of sp³-hybridized carbons (Fsp3) is 0.593. The Morgan fingerprint density at radius 1 is 1.00 bits per heavy atom. The number of aromatic nitrogens is 2. The maximum absolute atomic E-state index is 12.7. The Labute approximate surface area is 218 Å². The molecule has 1 saturated carbocycles. The van der Waals surface area contributed by atoms with Crippen LogP contribution in [0.2, 0.25) is 0 Å². The molecule has 1 amide bonds. The highest BCUT2D eigenvalue weighted by Crippen LogP contribution is 2.40. The van der Waals surface area contributed by atoms with Gasteiger partial charge in [0, 0.05) is 24.9 Å². The molecule has 2 aliphatic heterocycles. The van der Waals surface area contributed by atoms with E-state index in [9.17, 15) is 13.2 Å². The first-order valence-corrected chi connectivity index (χ1v) is 14.5. The quantitative estimate of drug-likeness (QED) is 0.507. The lowest BCUT2D eigenvalue weighted by molar-refractivity contribution is -0.00773. The van der Waals surface area contributed by atoms with Crippen LogP contribution in [0.3, 0.4) is 0 Å². The van der Waals surface area contributed by atoms with E-state index in [1.54, 1.807) is 18.2 Å². The normalized spacial score (nSPS) is 23.6. The first kappa shape index (κ1) is 25.8. The monoisotopic (exact) mass is 529 g/mol. The van der Waals surface area contributed by atoms with E-state index in [1.807, 2.05) is 39.5 Å². The summed E-state index contributed by atoms with van der Waals surface area (Å²) in [4.78, 5) is 23.6. The summed E-state index contributed by atoms with van der Waals surface area (Å²) in [6.45, 7) is 9.31. The lowest BCUT2D eigenvalue weighted by atomic mass is 10.00. The molecule has 9 nitrogen and oxygen atoms in total. The molecule has 10 heteroatoms. The number of aryl methyl sites for hydroxylation is 1. The molecule has 0 spiro atoms. The van der Waals surface area contributed by atoms with Crippen molar-refractivity contribution in [2.24, 2.45) is 0 Å². The molecule has 200 valence electrons. The number of hydrogen-bond acceptors (Lipinski definition) is 8. The lowest BCUT2D eigenvalue weighted by Crippen LogP contribution is -2.50. The Kier molecular flexibility index (Phi) is 6.58. The molecule has 2 bridgehead atoms. The van der Waals surface area contributed by atoms with Gasteiger partial charge in [-0.3, -0.25) is 0 Å². The molecular formula is C27H35N3O6S. The summed E-state index contributed by atoms with van der Waals surface area (Å²) < 4.78 is 43.1. The minimum atomic E-state index is -3.27. The van der Waals surface area contributed by atoms with Crippen LogP contribution in [0.5, 0.6) is 17.5 Å². The number of nitrogens with zero attached hydrogens (tertiary/aromatic N) is 3. The number of ether oxygens (including phenoxy) is 3. The van der Waals surface area contributed by atoms with E-state index < -0.39 is 15.4 Å². The van der Waals surface area contributed by atoms with Crippen molar-refractivity contribution in [1.29, 1.82) is 0 Å². The molecule has 1 aliphatic carbocycles. The number of amides is 1. The average molecular weight is 530 g/mol. The summed E-state index contributed by atoms with van der Waals surface area (Å²) in [6.07, 6.45) is 5.83. The van der Waals surface area contributed by atoms with Gasteiger partial charge in [-0.25, -0.2) is 23.2 Å². The Morgan fingerprint density at radius 2 is 1.65 bits per heavy atom. The molecule has 1 unspecified atom stereocenters. The topological polar surface area (TPSA) is 108 Å². The molecule has 37 heavy (non-hydrogen) atoms. The fourth-order valence-corrected chi connectivity index (χ4v) is 6.96. The van der Waals surface area contributed by atoms with E-state index in [1.165, 1.54) is 6.33 Å². The molecule has 3 heterocycles. The Morgan fingerprint density at radius 3 is 2.24 bits per heavy atom. The zero-order chi connectivity index (χ0) is 26.5. The van der Waals surface area contributed by atoms with Crippen molar-refractivity contribution < 1.29 is 27.4 Å². The summed E-state index contributed by atoms with van der Waals surface area (Å²) in [6, 6.07) is 5.11. The molecule has 2 aromatic rings. The first-order chi connectivity index (χ1) is 17.4. The van der Waals surface area contributed by atoms with Crippen LogP contribution in [-0.4, -0.2) is 58.4 Å². The molecule has 3 atom stereocenters. The molecule has 3 aliphatic rings. The second-order valence-corrected chi connectivity index (χ2v) is 13.6. The van der Waals surface area contributed by atoms with Gasteiger partial charge < -0.3 is 19.1 Å². The van der Waals surface area contributed by atoms with Gasteiger partial charge >= 0.3 is 6.09 Å². The third kappa shape index (κ3) is 5.39. The van der Waals surface area contributed by atoms with E-state index in [0.29, 0.717) is 46.4 Å². The van der Waals surface area contributed by atoms with Gasteiger partial charge in [0.05, 0.1) is 15.7 Å². The maximum Gasteiger partial charge on any atom is 0.410 e. The summed E-state index contributed by atoms with van der Waals surface area (Å²) in [5, 5.41) is -0.256. The summed E-state index contributed by atoms with van der Waals surface area (Å²) >= 11 is 0. The number of hydrogen-bond donors (Lipinski definition) is 0. The zero-order valence-electron chi connectivity index (χ0n) is 22.1. The van der Waals surface area contributed by atoms with Crippen molar-refractivity contribution >= 4 is 15.9 Å². The largest absolute Gasteiger partial charge is 0.474 e. The minimum Gasteiger partial charge on any atom is -0.474 e. The molecule has 2 saturated heterocycles. The SMILES string of the molecule is Cc1cc(S(=O)(=O)C2CC2)ccc1Oc1ncnc(O[C@H]2CC3CC[C@@H](C2)N3C(=O)OC(C)(C)C)c1C. The summed E-state index contributed by atoms with van der Waals surface area (Å²) in [7, 11) is -3.27. The molecule has 1 aromatic heterocycles. The van der Waals surface area contributed by atoms with Gasteiger partial charge in [-0.05, 0) is 84.1 Å². The van der Waals surface area contributed by atoms with E-state index >= 15 is 0 Å². The number of piperidine rings is 1. The third-order valence-electron chi connectivity index (χ3n) is 7.21. The Balaban J connectivity index is 1.27. The summed E-state index contributed by atoms with van der Waals surface area (Å²) in [5.41, 5.74) is 0.856. The second-order valence-electron chi connectivity index (χ2n) is 11.4. The lowest BCUT2D eigenvalue weighted by Gasteiger charge is -2.39. The van der Waals surface area contributed by atoms with Crippen molar-refractivity contribution in [2.45, 2.75) is 107 Å². The number of carbonyl (C=O) groups excluding carboxylic acids is 1. The van der Waals surface area contributed by atoms with Crippen LogP contribution < -0.4 is 9.47 Å². The van der Waals surface area contributed by atoms with Gasteiger partial charge in [0.2, 0.25) is 11.8 Å². The molecule has 3 fully saturated rings. The van der Waals surface area contributed by atoms with Crippen molar-refractivity contribution in [3.63, 3.8) is 0 Å². The number of benzene rings is 1. The molecule has 0 N–H and O–H groups in total. The van der Waals surface area contributed by atoms with Gasteiger partial charge in [0.15, 0.2) is 9.84 Å². The van der Waals surface area contributed by atoms with Gasteiger partial charge in [-0.15, -0.1) is 0 Å². The van der Waals surface area contributed by atoms with Crippen LogP contribution in [0.15, 0.2) is 29.4 Å². The highest BCUT2D eigenvalue weighted by molar-refractivity contribution is 7.92. The third-order valence-corrected chi connectivity index (χ3v) is 9.47. The number of rotatable bonds is 6. The summed E-state index contributed by atoms with van der Waals surface area (Å²) in [5.74, 6) is 1.34. The first-order valence-electron chi connectivity index (χ1n) is 12.9. The predicted molar refractivity (Wildman–Crippen MR) is 137 cm³/mol. The van der Waals surface area contributed by atoms with E-state index in [0.717, 1.165) is 25.7 Å². The average Bonchev–Trinajstić information content (AvgIpc) is 3.62. The minimum absolute atomic E-state index is 0.0775. The molecule has 0 radical (unpaired) electrons.